The molecule has 108 valence electrons. The van der Waals surface area contributed by atoms with E-state index < -0.39 is 0 Å². The van der Waals surface area contributed by atoms with Crippen LogP contribution in [0.2, 0.25) is 0 Å². The van der Waals surface area contributed by atoms with Gasteiger partial charge in [0.1, 0.15) is 16.5 Å². The number of rotatable bonds is 4. The Morgan fingerprint density at radius 1 is 1.24 bits per heavy atom. The smallest absolute Gasteiger partial charge is 0.142 e. The number of aryl methyl sites for hydroxylation is 2. The number of hydrogen-bond donors (Lipinski definition) is 1. The van der Waals surface area contributed by atoms with Gasteiger partial charge in [-0.25, -0.2) is 15.0 Å². The van der Waals surface area contributed by atoms with Gasteiger partial charge in [-0.1, -0.05) is 17.8 Å². The summed E-state index contributed by atoms with van der Waals surface area (Å²) < 4.78 is 0. The molecule has 0 radical (unpaired) electrons. The molecule has 0 spiro atoms. The summed E-state index contributed by atoms with van der Waals surface area (Å²) in [7, 11) is 1.91. The fourth-order valence-corrected chi connectivity index (χ4v) is 3.87. The molecule has 0 aliphatic heterocycles. The summed E-state index contributed by atoms with van der Waals surface area (Å²) in [5, 5.41) is 5.33. The molecule has 1 N–H and O–H groups in total. The maximum absolute atomic E-state index is 4.70. The van der Waals surface area contributed by atoms with Crippen LogP contribution in [0.1, 0.15) is 16.3 Å². The molecule has 21 heavy (non-hydrogen) atoms. The van der Waals surface area contributed by atoms with E-state index in [1.165, 1.54) is 10.4 Å². The molecule has 0 aliphatic carbocycles. The van der Waals surface area contributed by atoms with E-state index in [0.717, 1.165) is 32.6 Å². The molecule has 0 saturated heterocycles. The van der Waals surface area contributed by atoms with E-state index in [9.17, 15) is 0 Å². The quantitative estimate of drug-likeness (QED) is 0.736. The molecule has 3 aromatic heterocycles. The van der Waals surface area contributed by atoms with E-state index in [0.29, 0.717) is 0 Å². The number of hydrogen-bond acceptors (Lipinski definition) is 6. The summed E-state index contributed by atoms with van der Waals surface area (Å²) in [6, 6.07) is 5.91. The average molecular weight is 316 g/mol. The molecular formula is C15H16N4S2. The predicted molar refractivity (Wildman–Crippen MR) is 90.2 cm³/mol. The second-order valence-electron chi connectivity index (χ2n) is 4.66. The van der Waals surface area contributed by atoms with E-state index in [1.807, 2.05) is 25.2 Å². The van der Waals surface area contributed by atoms with Crippen molar-refractivity contribution in [3.05, 3.63) is 40.7 Å². The Bertz CT molecular complexity index is 768. The van der Waals surface area contributed by atoms with Gasteiger partial charge >= 0.3 is 0 Å². The Hall–Kier alpha value is -1.66. The van der Waals surface area contributed by atoms with Crippen LogP contribution in [-0.2, 0) is 5.75 Å². The zero-order valence-corrected chi connectivity index (χ0v) is 13.8. The first-order valence-corrected chi connectivity index (χ1v) is 8.47. The Balaban J connectivity index is 1.93. The molecule has 0 unspecified atom stereocenters. The van der Waals surface area contributed by atoms with Crippen molar-refractivity contribution in [2.45, 2.75) is 24.6 Å². The number of pyridine rings is 1. The molecular weight excluding hydrogens is 300 g/mol. The van der Waals surface area contributed by atoms with Gasteiger partial charge in [-0.3, -0.25) is 0 Å². The zero-order chi connectivity index (χ0) is 14.8. The van der Waals surface area contributed by atoms with Crippen molar-refractivity contribution < 1.29 is 0 Å². The van der Waals surface area contributed by atoms with E-state index in [-0.39, 0.29) is 0 Å². The van der Waals surface area contributed by atoms with Gasteiger partial charge in [-0.05, 0) is 31.5 Å². The summed E-state index contributed by atoms with van der Waals surface area (Å²) in [5.74, 6) is 2.47. The molecule has 0 aromatic carbocycles. The predicted octanol–water partition coefficient (Wildman–Crippen LogP) is 4.04. The van der Waals surface area contributed by atoms with Crippen molar-refractivity contribution in [3.8, 4) is 0 Å². The van der Waals surface area contributed by atoms with Crippen molar-refractivity contribution >= 4 is 39.1 Å². The number of thioether (sulfide) groups is 1. The standard InChI is InChI=1S/C15H16N4S2/c1-9-10(2)21-15-13(9)14(16-3)18-11(19-15)8-20-12-6-4-5-7-17-12/h4-7H,8H2,1-3H3,(H,16,18,19). The topological polar surface area (TPSA) is 50.7 Å². The van der Waals surface area contributed by atoms with Gasteiger partial charge in [-0.15, -0.1) is 11.3 Å². The minimum atomic E-state index is 0.720. The third-order valence-electron chi connectivity index (χ3n) is 3.30. The second-order valence-corrected chi connectivity index (χ2v) is 6.86. The SMILES string of the molecule is CNc1nc(CSc2ccccn2)nc2sc(C)c(C)c12. The van der Waals surface area contributed by atoms with Crippen LogP contribution in [0.4, 0.5) is 5.82 Å². The maximum atomic E-state index is 4.70. The van der Waals surface area contributed by atoms with Crippen molar-refractivity contribution in [2.24, 2.45) is 0 Å². The van der Waals surface area contributed by atoms with Gasteiger partial charge in [0.15, 0.2) is 0 Å². The molecule has 3 aromatic rings. The van der Waals surface area contributed by atoms with Crippen molar-refractivity contribution in [3.63, 3.8) is 0 Å². The molecule has 0 fully saturated rings. The molecule has 0 saturated carbocycles. The van der Waals surface area contributed by atoms with Crippen LogP contribution < -0.4 is 5.32 Å². The maximum Gasteiger partial charge on any atom is 0.142 e. The summed E-state index contributed by atoms with van der Waals surface area (Å²) in [6.45, 7) is 4.25. The number of fused-ring (bicyclic) bond motifs is 1. The van der Waals surface area contributed by atoms with E-state index in [4.69, 9.17) is 4.98 Å². The largest absolute Gasteiger partial charge is 0.372 e. The fraction of sp³-hybridized carbons (Fsp3) is 0.267. The summed E-state index contributed by atoms with van der Waals surface area (Å²) in [5.41, 5.74) is 1.27. The van der Waals surface area contributed by atoms with Gasteiger partial charge in [0.25, 0.3) is 0 Å². The van der Waals surface area contributed by atoms with Crippen LogP contribution in [-0.4, -0.2) is 22.0 Å². The molecule has 3 rings (SSSR count). The summed E-state index contributed by atoms with van der Waals surface area (Å²) in [6.07, 6.45) is 1.80. The monoisotopic (exact) mass is 316 g/mol. The highest BCUT2D eigenvalue weighted by Crippen LogP contribution is 2.33. The average Bonchev–Trinajstić information content (AvgIpc) is 2.80. The number of thiophene rings is 1. The molecule has 0 bridgehead atoms. The lowest BCUT2D eigenvalue weighted by molar-refractivity contribution is 1.06. The Morgan fingerprint density at radius 2 is 2.10 bits per heavy atom. The first kappa shape index (κ1) is 14.3. The molecule has 4 nitrogen and oxygen atoms in total. The first-order chi connectivity index (χ1) is 10.2. The first-order valence-electron chi connectivity index (χ1n) is 6.67. The number of nitrogens with zero attached hydrogens (tertiary/aromatic N) is 3. The highest BCUT2D eigenvalue weighted by atomic mass is 32.2. The molecule has 0 amide bonds. The molecule has 0 atom stereocenters. The van der Waals surface area contributed by atoms with Gasteiger partial charge in [0.2, 0.25) is 0 Å². The molecule has 3 heterocycles. The second kappa shape index (κ2) is 5.99. The van der Waals surface area contributed by atoms with Crippen LogP contribution in [0.3, 0.4) is 0 Å². The van der Waals surface area contributed by atoms with E-state index >= 15 is 0 Å². The number of nitrogens with one attached hydrogen (secondary N) is 1. The van der Waals surface area contributed by atoms with Crippen molar-refractivity contribution in [1.29, 1.82) is 0 Å². The molecule has 0 aliphatic rings. The highest BCUT2D eigenvalue weighted by Gasteiger charge is 2.13. The van der Waals surface area contributed by atoms with Gasteiger partial charge in [0, 0.05) is 18.1 Å². The van der Waals surface area contributed by atoms with Crippen LogP contribution in [0, 0.1) is 13.8 Å². The third kappa shape index (κ3) is 2.87. The van der Waals surface area contributed by atoms with Gasteiger partial charge in [0.05, 0.1) is 16.2 Å². The Morgan fingerprint density at radius 3 is 2.81 bits per heavy atom. The zero-order valence-electron chi connectivity index (χ0n) is 12.2. The molecule has 6 heteroatoms. The lowest BCUT2D eigenvalue weighted by Crippen LogP contribution is -2.00. The lowest BCUT2D eigenvalue weighted by Gasteiger charge is -2.06. The van der Waals surface area contributed by atoms with Gasteiger partial charge in [-0.2, -0.15) is 0 Å². The summed E-state index contributed by atoms with van der Waals surface area (Å²) >= 11 is 3.38. The van der Waals surface area contributed by atoms with E-state index in [1.54, 1.807) is 29.3 Å². The number of aromatic nitrogens is 3. The normalized spacial score (nSPS) is 11.0. The van der Waals surface area contributed by atoms with Crippen molar-refractivity contribution in [1.82, 2.24) is 15.0 Å². The van der Waals surface area contributed by atoms with Crippen LogP contribution in [0.25, 0.3) is 10.2 Å². The third-order valence-corrected chi connectivity index (χ3v) is 5.34. The van der Waals surface area contributed by atoms with Crippen molar-refractivity contribution in [2.75, 3.05) is 12.4 Å². The highest BCUT2D eigenvalue weighted by molar-refractivity contribution is 7.98. The summed E-state index contributed by atoms with van der Waals surface area (Å²) in [4.78, 5) is 16.0. The fourth-order valence-electron chi connectivity index (χ4n) is 2.11. The van der Waals surface area contributed by atoms with Gasteiger partial charge < -0.3 is 5.32 Å². The lowest BCUT2D eigenvalue weighted by atomic mass is 10.2. The Kier molecular flexibility index (Phi) is 4.07. The number of anilines is 1. The van der Waals surface area contributed by atoms with Crippen LogP contribution >= 0.6 is 23.1 Å². The minimum absolute atomic E-state index is 0.720. The Labute approximate surface area is 132 Å². The van der Waals surface area contributed by atoms with Crippen LogP contribution in [0.5, 0.6) is 0 Å². The van der Waals surface area contributed by atoms with Crippen LogP contribution in [0.15, 0.2) is 29.4 Å². The van der Waals surface area contributed by atoms with E-state index in [2.05, 4.69) is 29.1 Å². The minimum Gasteiger partial charge on any atom is -0.372 e.